The highest BCUT2D eigenvalue weighted by molar-refractivity contribution is 5.96. The van der Waals surface area contributed by atoms with Gasteiger partial charge in [-0.1, -0.05) is 184 Å². The second-order valence-electron chi connectivity index (χ2n) is 16.2. The number of hydrogen-bond acceptors (Lipinski definition) is 1. The van der Waals surface area contributed by atoms with Crippen LogP contribution in [-0.4, -0.2) is 0 Å². The molecule has 0 saturated heterocycles. The van der Waals surface area contributed by atoms with Crippen molar-refractivity contribution in [3.63, 3.8) is 0 Å². The molecule has 3 aliphatic carbocycles. The van der Waals surface area contributed by atoms with Gasteiger partial charge in [-0.15, -0.1) is 0 Å². The van der Waals surface area contributed by atoms with Crippen LogP contribution in [-0.2, 0) is 10.8 Å². The van der Waals surface area contributed by atoms with Gasteiger partial charge >= 0.3 is 0 Å². The molecule has 59 heavy (non-hydrogen) atoms. The molecular weight excluding hydrogens is 711 g/mol. The van der Waals surface area contributed by atoms with Gasteiger partial charge in [0.2, 0.25) is 0 Å². The maximum atomic E-state index is 9.83. The number of anilines is 3. The Hall–Kier alpha value is -7.22. The van der Waals surface area contributed by atoms with Crippen LogP contribution in [0.3, 0.4) is 0 Å². The van der Waals surface area contributed by atoms with Gasteiger partial charge in [0.15, 0.2) is 0 Å². The molecule has 0 saturated carbocycles. The van der Waals surface area contributed by atoms with E-state index >= 15 is 0 Å². The fraction of sp³-hybridized carbons (Fsp3) is 0.0690. The third-order valence-electron chi connectivity index (χ3n) is 12.8. The van der Waals surface area contributed by atoms with Crippen LogP contribution in [0.4, 0.5) is 17.1 Å². The Morgan fingerprint density at radius 1 is 0.322 bits per heavy atom. The lowest BCUT2D eigenvalue weighted by molar-refractivity contribution is 0.660. The molecule has 12 rings (SSSR count). The summed E-state index contributed by atoms with van der Waals surface area (Å²) in [6.07, 6.45) is 0. The Kier molecular flexibility index (Phi) is 5.71. The number of nitrogens with zero attached hydrogens (tertiary/aromatic N) is 1. The van der Waals surface area contributed by atoms with Gasteiger partial charge in [0, 0.05) is 22.5 Å². The summed E-state index contributed by atoms with van der Waals surface area (Å²) >= 11 is 0. The molecule has 278 valence electrons. The maximum Gasteiger partial charge on any atom is 0.0725 e. The molecule has 1 spiro atoms. The number of benzene rings is 9. The average molecular weight is 760 g/mol. The summed E-state index contributed by atoms with van der Waals surface area (Å²) < 4.78 is 76.9. The molecule has 0 bridgehead atoms. The minimum atomic E-state index is -0.589. The van der Waals surface area contributed by atoms with Crippen molar-refractivity contribution < 1.29 is 11.0 Å². The average Bonchev–Trinajstić information content (AvgIpc) is 3.91. The zero-order valence-electron chi connectivity index (χ0n) is 40.5. The third kappa shape index (κ3) is 4.79. The van der Waals surface area contributed by atoms with Crippen LogP contribution >= 0.6 is 0 Å². The van der Waals surface area contributed by atoms with Crippen molar-refractivity contribution in [1.29, 1.82) is 0 Å². The van der Waals surface area contributed by atoms with Crippen LogP contribution < -0.4 is 4.90 Å². The summed E-state index contributed by atoms with van der Waals surface area (Å²) in [5, 5.41) is 0. The van der Waals surface area contributed by atoms with E-state index in [1.165, 1.54) is 27.2 Å². The number of hydrogen-bond donors (Lipinski definition) is 0. The van der Waals surface area contributed by atoms with E-state index in [2.05, 4.69) is 98.8 Å². The van der Waals surface area contributed by atoms with Crippen LogP contribution in [0.1, 0.15) is 58.2 Å². The van der Waals surface area contributed by atoms with Crippen LogP contribution in [0.15, 0.2) is 212 Å². The lowest BCUT2D eigenvalue weighted by Gasteiger charge is -2.30. The van der Waals surface area contributed by atoms with E-state index in [1.54, 1.807) is 30.3 Å². The predicted molar refractivity (Wildman–Crippen MR) is 246 cm³/mol. The Morgan fingerprint density at radius 3 is 1.34 bits per heavy atom. The fourth-order valence-corrected chi connectivity index (χ4v) is 10.2. The van der Waals surface area contributed by atoms with Gasteiger partial charge in [-0.2, -0.15) is 0 Å². The fourth-order valence-electron chi connectivity index (χ4n) is 10.2. The van der Waals surface area contributed by atoms with Crippen LogP contribution in [0.25, 0.3) is 55.6 Å². The highest BCUT2D eigenvalue weighted by Crippen LogP contribution is 2.63. The largest absolute Gasteiger partial charge is 0.310 e. The number of rotatable bonds is 5. The minimum Gasteiger partial charge on any atom is -0.310 e. The van der Waals surface area contributed by atoms with Gasteiger partial charge in [0.25, 0.3) is 0 Å². The topological polar surface area (TPSA) is 3.24 Å². The maximum absolute atomic E-state index is 9.83. The summed E-state index contributed by atoms with van der Waals surface area (Å²) in [4.78, 5) is 1.41. The molecule has 1 heteroatoms. The third-order valence-corrected chi connectivity index (χ3v) is 12.8. The Morgan fingerprint density at radius 2 is 0.763 bits per heavy atom. The normalized spacial score (nSPS) is 16.1. The van der Waals surface area contributed by atoms with E-state index in [-0.39, 0.29) is 70.8 Å². The lowest BCUT2D eigenvalue weighted by atomic mass is 9.70. The van der Waals surface area contributed by atoms with Gasteiger partial charge in [-0.05, 0) is 131 Å². The van der Waals surface area contributed by atoms with Crippen molar-refractivity contribution in [2.45, 2.75) is 24.7 Å². The summed E-state index contributed by atoms with van der Waals surface area (Å²) in [5.74, 6) is 0. The van der Waals surface area contributed by atoms with E-state index < -0.39 is 10.8 Å². The molecule has 9 aromatic carbocycles. The van der Waals surface area contributed by atoms with Crippen molar-refractivity contribution in [3.05, 3.63) is 246 Å². The van der Waals surface area contributed by atoms with E-state index in [1.807, 2.05) is 48.5 Å². The van der Waals surface area contributed by atoms with Gasteiger partial charge in [-0.3, -0.25) is 0 Å². The van der Waals surface area contributed by atoms with Crippen LogP contribution in [0, 0.1) is 0 Å². The first-order valence-electron chi connectivity index (χ1n) is 24.1. The first-order chi connectivity index (χ1) is 32.4. The summed E-state index contributed by atoms with van der Waals surface area (Å²) in [6, 6.07) is 51.6. The zero-order valence-corrected chi connectivity index (χ0v) is 32.5. The molecule has 9 aromatic rings. The lowest BCUT2D eigenvalue weighted by Crippen LogP contribution is -2.25. The number of fused-ring (bicyclic) bond motifs is 13. The SMILES string of the molecule is [2H]c1c([2H])c(N(c2ccc3c(c2)C(C)(C)c2ccccc2-3)c2c([2H])c([2H])c(-c3ccc4c(c3)-c3ccccc3C43c4ccccc4-c4ccccc43)c([2H])c2[2H])c([2H])c([2H])c1-c1ccccc1. The monoisotopic (exact) mass is 759 g/mol. The highest BCUT2D eigenvalue weighted by Gasteiger charge is 2.51. The summed E-state index contributed by atoms with van der Waals surface area (Å²) in [6.45, 7) is 4.25. The molecule has 3 aliphatic rings. The Labute approximate surface area is 357 Å². The van der Waals surface area contributed by atoms with Crippen LogP contribution in [0.2, 0.25) is 0 Å². The van der Waals surface area contributed by atoms with E-state index in [4.69, 9.17) is 0 Å². The van der Waals surface area contributed by atoms with Crippen molar-refractivity contribution >= 4 is 17.1 Å². The molecule has 1 nitrogen and oxygen atoms in total. The van der Waals surface area contributed by atoms with Crippen molar-refractivity contribution in [3.8, 4) is 55.6 Å². The standard InChI is InChI=1S/C58H41N/c1-57(2)51-20-10-6-16-45(51)49-34-33-44(37-56(49)57)59(42-29-24-39(25-30-42)38-14-4-3-5-15-38)43-31-26-40(27-32-43)41-28-35-55-50(36-41)48-19-9-13-23-54(48)58(55)52-21-11-7-17-46(52)47-18-8-12-22-53(47)58/h3-37H,1-2H3/i24D,25D,26D,27D,29D,30D,31D,32D. The molecule has 0 aliphatic heterocycles. The second-order valence-corrected chi connectivity index (χ2v) is 16.2. The summed E-state index contributed by atoms with van der Waals surface area (Å²) in [7, 11) is 0. The smallest absolute Gasteiger partial charge is 0.0725 e. The molecule has 0 amide bonds. The molecule has 0 fully saturated rings. The van der Waals surface area contributed by atoms with E-state index in [0.717, 1.165) is 44.5 Å². The zero-order chi connectivity index (χ0) is 46.3. The van der Waals surface area contributed by atoms with Gasteiger partial charge in [0.05, 0.1) is 16.4 Å². The van der Waals surface area contributed by atoms with Crippen molar-refractivity contribution in [1.82, 2.24) is 0 Å². The van der Waals surface area contributed by atoms with Crippen molar-refractivity contribution in [2.75, 3.05) is 4.90 Å². The van der Waals surface area contributed by atoms with Crippen LogP contribution in [0.5, 0.6) is 0 Å². The molecule has 0 atom stereocenters. The summed E-state index contributed by atoms with van der Waals surface area (Å²) in [5.41, 5.74) is 13.4. The molecule has 0 N–H and O–H groups in total. The molecule has 0 unspecified atom stereocenters. The molecular formula is C58H41N. The minimum absolute atomic E-state index is 0.122. The Balaban J connectivity index is 1.08. The molecule has 0 aromatic heterocycles. The van der Waals surface area contributed by atoms with E-state index in [0.29, 0.717) is 16.8 Å². The van der Waals surface area contributed by atoms with Gasteiger partial charge < -0.3 is 4.90 Å². The highest BCUT2D eigenvalue weighted by atomic mass is 15.1. The second kappa shape index (κ2) is 12.6. The first kappa shape index (κ1) is 26.7. The van der Waals surface area contributed by atoms with Crippen molar-refractivity contribution in [2.24, 2.45) is 0 Å². The molecule has 0 heterocycles. The quantitative estimate of drug-likeness (QED) is 0.169. The van der Waals surface area contributed by atoms with Gasteiger partial charge in [0.1, 0.15) is 0 Å². The predicted octanol–water partition coefficient (Wildman–Crippen LogP) is 15.1. The first-order valence-corrected chi connectivity index (χ1v) is 20.1. The van der Waals surface area contributed by atoms with E-state index in [9.17, 15) is 11.0 Å². The Bertz CT molecular complexity index is 3510. The van der Waals surface area contributed by atoms with Gasteiger partial charge in [-0.25, -0.2) is 0 Å². The molecule has 0 radical (unpaired) electrons.